The standard InChI is InChI=1S/C28H38N2O4/c1-29(26(32)18-5-3-2-4-6-18)20-11-12-28(33)22-15-19-9-10-21(31)24-23(19)27(28,25(20)34-24)13-14-30(22)16-17-7-8-17/h9-10,17-18,20,22,25,31,33H,2-8,11-16H2,1H3/t20-,22+,25-,27-,28+/m0/s1. The third kappa shape index (κ3) is 2.73. The summed E-state index contributed by atoms with van der Waals surface area (Å²) < 4.78 is 6.65. The van der Waals surface area contributed by atoms with Crippen molar-refractivity contribution in [1.82, 2.24) is 9.80 Å². The molecule has 4 fully saturated rings. The largest absolute Gasteiger partial charge is 0.504 e. The number of aliphatic hydroxyl groups is 1. The van der Waals surface area contributed by atoms with Gasteiger partial charge in [0.05, 0.1) is 17.1 Å². The Morgan fingerprint density at radius 2 is 1.94 bits per heavy atom. The third-order valence-electron chi connectivity index (χ3n) is 10.5. The van der Waals surface area contributed by atoms with Crippen molar-refractivity contribution in [2.24, 2.45) is 11.8 Å². The van der Waals surface area contributed by atoms with E-state index in [2.05, 4.69) is 11.0 Å². The van der Waals surface area contributed by atoms with Crippen molar-refractivity contribution in [2.45, 2.75) is 99.8 Å². The maximum absolute atomic E-state index is 13.6. The lowest BCUT2D eigenvalue weighted by Crippen LogP contribution is -2.78. The fourth-order valence-electron chi connectivity index (χ4n) is 8.65. The van der Waals surface area contributed by atoms with E-state index in [1.165, 1.54) is 24.8 Å². The van der Waals surface area contributed by atoms with Gasteiger partial charge in [0.1, 0.15) is 6.10 Å². The Morgan fingerprint density at radius 1 is 1.15 bits per heavy atom. The number of amides is 1. The second kappa shape index (κ2) is 7.36. The molecule has 1 aromatic rings. The minimum absolute atomic E-state index is 0.0799. The van der Waals surface area contributed by atoms with E-state index in [0.29, 0.717) is 12.2 Å². The van der Waals surface area contributed by atoms with Crippen LogP contribution in [0, 0.1) is 11.8 Å². The van der Waals surface area contributed by atoms with E-state index in [1.807, 2.05) is 11.9 Å². The Balaban J connectivity index is 1.29. The first kappa shape index (κ1) is 21.5. The molecule has 2 aliphatic heterocycles. The molecule has 0 radical (unpaired) electrons. The molecule has 0 aromatic heterocycles. The molecule has 6 nitrogen and oxygen atoms in total. The molecule has 4 aliphatic carbocycles. The van der Waals surface area contributed by atoms with Gasteiger partial charge >= 0.3 is 0 Å². The Labute approximate surface area is 202 Å². The molecule has 7 rings (SSSR count). The summed E-state index contributed by atoms with van der Waals surface area (Å²) in [5.41, 5.74) is 0.823. The molecule has 2 heterocycles. The number of likely N-dealkylation sites (tertiary alicyclic amines) is 1. The van der Waals surface area contributed by atoms with Gasteiger partial charge in [-0.15, -0.1) is 0 Å². The van der Waals surface area contributed by atoms with Crippen LogP contribution in [0.4, 0.5) is 0 Å². The summed E-state index contributed by atoms with van der Waals surface area (Å²) >= 11 is 0. The van der Waals surface area contributed by atoms with Gasteiger partial charge in [0.2, 0.25) is 5.91 Å². The first-order valence-corrected chi connectivity index (χ1v) is 13.7. The maximum atomic E-state index is 13.6. The number of hydrogen-bond acceptors (Lipinski definition) is 5. The number of aromatic hydroxyl groups is 1. The summed E-state index contributed by atoms with van der Waals surface area (Å²) in [6, 6.07) is 3.81. The van der Waals surface area contributed by atoms with Crippen LogP contribution in [0.25, 0.3) is 0 Å². The number of carbonyl (C=O) groups excluding carboxylic acids is 1. The number of rotatable bonds is 4. The quantitative estimate of drug-likeness (QED) is 0.712. The number of hydrogen-bond donors (Lipinski definition) is 2. The molecule has 1 spiro atoms. The molecule has 34 heavy (non-hydrogen) atoms. The number of piperidine rings is 1. The van der Waals surface area contributed by atoms with Gasteiger partial charge in [-0.25, -0.2) is 0 Å². The van der Waals surface area contributed by atoms with Gasteiger partial charge in [-0.05, 0) is 75.5 Å². The van der Waals surface area contributed by atoms with Crippen molar-refractivity contribution in [3.63, 3.8) is 0 Å². The molecule has 1 aromatic carbocycles. The Kier molecular flexibility index (Phi) is 4.65. The highest BCUT2D eigenvalue weighted by Crippen LogP contribution is 2.66. The molecule has 6 aliphatic rings. The normalized spacial score (nSPS) is 38.8. The van der Waals surface area contributed by atoms with Gasteiger partial charge in [0.15, 0.2) is 11.5 Å². The van der Waals surface area contributed by atoms with Crippen LogP contribution in [0.5, 0.6) is 11.5 Å². The van der Waals surface area contributed by atoms with Crippen molar-refractivity contribution in [1.29, 1.82) is 0 Å². The predicted octanol–water partition coefficient (Wildman–Crippen LogP) is 3.36. The summed E-state index contributed by atoms with van der Waals surface area (Å²) in [5, 5.41) is 23.4. The lowest BCUT2D eigenvalue weighted by molar-refractivity contribution is -0.201. The molecular weight excluding hydrogens is 428 g/mol. The Morgan fingerprint density at radius 3 is 2.71 bits per heavy atom. The number of carbonyl (C=O) groups is 1. The zero-order valence-corrected chi connectivity index (χ0v) is 20.3. The minimum atomic E-state index is -0.887. The van der Waals surface area contributed by atoms with Crippen LogP contribution in [0.3, 0.4) is 0 Å². The fraction of sp³-hybridized carbons (Fsp3) is 0.750. The molecule has 1 saturated heterocycles. The first-order chi connectivity index (χ1) is 16.4. The number of phenolic OH excluding ortho intramolecular Hbond substituents is 1. The van der Waals surface area contributed by atoms with E-state index >= 15 is 0 Å². The molecular formula is C28H38N2O4. The average molecular weight is 467 g/mol. The highest BCUT2D eigenvalue weighted by molar-refractivity contribution is 5.79. The number of likely N-dealkylation sites (N-methyl/N-ethyl adjacent to an activating group) is 1. The lowest BCUT2D eigenvalue weighted by atomic mass is 9.48. The van der Waals surface area contributed by atoms with Crippen molar-refractivity contribution in [2.75, 3.05) is 20.1 Å². The summed E-state index contributed by atoms with van der Waals surface area (Å²) in [6.45, 7) is 2.03. The molecule has 3 saturated carbocycles. The second-order valence-electron chi connectivity index (χ2n) is 12.2. The lowest BCUT2D eigenvalue weighted by Gasteiger charge is -2.64. The van der Waals surface area contributed by atoms with E-state index in [4.69, 9.17) is 4.74 Å². The number of benzene rings is 1. The Hall–Kier alpha value is -1.79. The van der Waals surface area contributed by atoms with E-state index in [-0.39, 0.29) is 35.8 Å². The number of ether oxygens (including phenoxy) is 1. The van der Waals surface area contributed by atoms with Crippen molar-refractivity contribution in [3.8, 4) is 11.5 Å². The second-order valence-corrected chi connectivity index (χ2v) is 12.2. The van der Waals surface area contributed by atoms with Crippen LogP contribution in [0.15, 0.2) is 12.1 Å². The molecule has 6 heteroatoms. The Bertz CT molecular complexity index is 1020. The van der Waals surface area contributed by atoms with E-state index in [9.17, 15) is 15.0 Å². The topological polar surface area (TPSA) is 73.2 Å². The summed E-state index contributed by atoms with van der Waals surface area (Å²) in [7, 11) is 1.96. The van der Waals surface area contributed by atoms with Crippen LogP contribution < -0.4 is 4.74 Å². The van der Waals surface area contributed by atoms with Crippen molar-refractivity contribution >= 4 is 5.91 Å². The summed E-state index contributed by atoms with van der Waals surface area (Å²) in [6.07, 6.45) is 10.8. The van der Waals surface area contributed by atoms with Gasteiger partial charge < -0.3 is 19.8 Å². The molecule has 184 valence electrons. The third-order valence-corrected chi connectivity index (χ3v) is 10.5. The van der Waals surface area contributed by atoms with Crippen LogP contribution in [-0.2, 0) is 16.6 Å². The molecule has 1 amide bonds. The van der Waals surface area contributed by atoms with Crippen LogP contribution >= 0.6 is 0 Å². The smallest absolute Gasteiger partial charge is 0.225 e. The number of nitrogens with zero attached hydrogens (tertiary/aromatic N) is 2. The highest BCUT2D eigenvalue weighted by Gasteiger charge is 2.73. The summed E-state index contributed by atoms with van der Waals surface area (Å²) in [4.78, 5) is 18.1. The van der Waals surface area contributed by atoms with Crippen LogP contribution in [-0.4, -0.2) is 69.8 Å². The average Bonchev–Trinajstić information content (AvgIpc) is 3.59. The van der Waals surface area contributed by atoms with Gasteiger partial charge in [-0.1, -0.05) is 25.3 Å². The van der Waals surface area contributed by atoms with Crippen molar-refractivity contribution < 1.29 is 19.7 Å². The van der Waals surface area contributed by atoms with Gasteiger partial charge in [0, 0.05) is 31.1 Å². The highest BCUT2D eigenvalue weighted by atomic mass is 16.5. The zero-order valence-electron chi connectivity index (χ0n) is 20.3. The molecule has 5 atom stereocenters. The SMILES string of the molecule is CN(C(=O)C1CCCCC1)[C@H]1CC[C@@]2(O)[C@H]3Cc4ccc(O)c5c4[C@@]2(CCN3CC2CC2)[C@H]1O5. The molecule has 0 unspecified atom stereocenters. The predicted molar refractivity (Wildman–Crippen MR) is 128 cm³/mol. The van der Waals surface area contributed by atoms with Crippen LogP contribution in [0.2, 0.25) is 0 Å². The van der Waals surface area contributed by atoms with Crippen molar-refractivity contribution in [3.05, 3.63) is 23.3 Å². The van der Waals surface area contributed by atoms with E-state index < -0.39 is 11.0 Å². The monoisotopic (exact) mass is 466 g/mol. The summed E-state index contributed by atoms with van der Waals surface area (Å²) in [5.74, 6) is 1.88. The minimum Gasteiger partial charge on any atom is -0.504 e. The first-order valence-electron chi connectivity index (χ1n) is 13.7. The van der Waals surface area contributed by atoms with E-state index in [0.717, 1.165) is 69.5 Å². The van der Waals surface area contributed by atoms with Gasteiger partial charge in [-0.2, -0.15) is 0 Å². The van der Waals surface area contributed by atoms with Crippen LogP contribution in [0.1, 0.15) is 75.3 Å². The maximum Gasteiger partial charge on any atom is 0.225 e. The molecule has 2 bridgehead atoms. The molecule has 2 N–H and O–H groups in total. The zero-order chi connectivity index (χ0) is 23.2. The van der Waals surface area contributed by atoms with Gasteiger partial charge in [0.25, 0.3) is 0 Å². The van der Waals surface area contributed by atoms with Gasteiger partial charge in [-0.3, -0.25) is 9.69 Å². The fourth-order valence-corrected chi connectivity index (χ4v) is 8.65. The number of phenols is 1. The van der Waals surface area contributed by atoms with E-state index in [1.54, 1.807) is 6.07 Å².